The lowest BCUT2D eigenvalue weighted by molar-refractivity contribution is 0.101. The molecule has 0 saturated heterocycles. The molecule has 0 aliphatic carbocycles. The monoisotopic (exact) mass is 303 g/mol. The van der Waals surface area contributed by atoms with Crippen LogP contribution < -0.4 is 4.74 Å². The molecule has 23 heavy (non-hydrogen) atoms. The lowest BCUT2D eigenvalue weighted by Crippen LogP contribution is -1.98. The Bertz CT molecular complexity index is 1020. The van der Waals surface area contributed by atoms with Gasteiger partial charge >= 0.3 is 0 Å². The van der Waals surface area contributed by atoms with E-state index in [0.717, 1.165) is 22.0 Å². The van der Waals surface area contributed by atoms with Crippen molar-refractivity contribution in [2.75, 3.05) is 7.11 Å². The summed E-state index contributed by atoms with van der Waals surface area (Å²) < 4.78 is 10.9. The van der Waals surface area contributed by atoms with Crippen LogP contribution in [0.25, 0.3) is 22.0 Å². The number of aromatic nitrogens is 1. The van der Waals surface area contributed by atoms with Crippen LogP contribution in [0, 0.1) is 0 Å². The summed E-state index contributed by atoms with van der Waals surface area (Å²) >= 11 is 0. The molecule has 4 rings (SSSR count). The first-order chi connectivity index (χ1) is 11.2. The summed E-state index contributed by atoms with van der Waals surface area (Å²) in [5, 5.41) is 1.74. The first-order valence-electron chi connectivity index (χ1n) is 7.23. The van der Waals surface area contributed by atoms with Gasteiger partial charge in [0, 0.05) is 16.3 Å². The van der Waals surface area contributed by atoms with Crippen LogP contribution in [0.4, 0.5) is 0 Å². The third-order valence-corrected chi connectivity index (χ3v) is 3.77. The molecule has 4 heteroatoms. The molecule has 2 aromatic carbocycles. The van der Waals surface area contributed by atoms with Crippen LogP contribution in [-0.4, -0.2) is 17.9 Å². The van der Waals surface area contributed by atoms with Gasteiger partial charge < -0.3 is 9.15 Å². The quantitative estimate of drug-likeness (QED) is 0.532. The number of carbonyl (C=O) groups is 1. The lowest BCUT2D eigenvalue weighted by atomic mass is 10.1. The number of fused-ring (bicyclic) bond motifs is 2. The van der Waals surface area contributed by atoms with Crippen molar-refractivity contribution in [1.29, 1.82) is 0 Å². The zero-order valence-electron chi connectivity index (χ0n) is 12.4. The Morgan fingerprint density at radius 3 is 2.61 bits per heavy atom. The van der Waals surface area contributed by atoms with Crippen molar-refractivity contribution in [2.45, 2.75) is 0 Å². The van der Waals surface area contributed by atoms with E-state index in [2.05, 4.69) is 4.98 Å². The summed E-state index contributed by atoms with van der Waals surface area (Å²) in [5.74, 6) is 0.911. The second-order valence-electron chi connectivity index (χ2n) is 5.25. The minimum absolute atomic E-state index is 0.148. The molecular formula is C19H13NO3. The molecule has 0 bridgehead atoms. The van der Waals surface area contributed by atoms with E-state index >= 15 is 0 Å². The molecule has 0 unspecified atom stereocenters. The van der Waals surface area contributed by atoms with Gasteiger partial charge in [0.1, 0.15) is 5.75 Å². The second-order valence-corrected chi connectivity index (χ2v) is 5.25. The zero-order valence-corrected chi connectivity index (χ0v) is 12.4. The Morgan fingerprint density at radius 2 is 1.83 bits per heavy atom. The number of benzene rings is 2. The summed E-state index contributed by atoms with van der Waals surface area (Å²) in [6, 6.07) is 18.4. The number of hydrogen-bond donors (Lipinski definition) is 0. The van der Waals surface area contributed by atoms with E-state index in [0.29, 0.717) is 17.0 Å². The predicted octanol–water partition coefficient (Wildman–Crippen LogP) is 4.22. The van der Waals surface area contributed by atoms with Gasteiger partial charge in [-0.2, -0.15) is 0 Å². The van der Waals surface area contributed by atoms with Crippen molar-refractivity contribution in [3.05, 3.63) is 72.0 Å². The topological polar surface area (TPSA) is 52.3 Å². The zero-order chi connectivity index (χ0) is 15.8. The summed E-state index contributed by atoms with van der Waals surface area (Å²) in [6.07, 6.45) is 0. The summed E-state index contributed by atoms with van der Waals surface area (Å²) in [4.78, 5) is 16.9. The predicted molar refractivity (Wildman–Crippen MR) is 87.9 cm³/mol. The maximum Gasteiger partial charge on any atom is 0.228 e. The normalized spacial score (nSPS) is 11.0. The molecule has 0 atom stereocenters. The largest absolute Gasteiger partial charge is 0.497 e. The Morgan fingerprint density at radius 1 is 1.00 bits per heavy atom. The highest BCUT2D eigenvalue weighted by molar-refractivity contribution is 6.09. The maximum absolute atomic E-state index is 12.5. The van der Waals surface area contributed by atoms with E-state index in [-0.39, 0.29) is 5.78 Å². The van der Waals surface area contributed by atoms with Crippen LogP contribution in [0.15, 0.2) is 65.1 Å². The maximum atomic E-state index is 12.5. The minimum atomic E-state index is -0.148. The SMILES string of the molecule is COc1ccc2nc3oc(C(=O)c4ccccc4)cc3cc2c1. The highest BCUT2D eigenvalue weighted by Crippen LogP contribution is 2.26. The smallest absolute Gasteiger partial charge is 0.228 e. The lowest BCUT2D eigenvalue weighted by Gasteiger charge is -2.01. The number of ketones is 1. The van der Waals surface area contributed by atoms with Gasteiger partial charge in [-0.3, -0.25) is 4.79 Å². The van der Waals surface area contributed by atoms with Gasteiger partial charge in [-0.05, 0) is 30.3 Å². The number of rotatable bonds is 3. The molecule has 0 N–H and O–H groups in total. The number of hydrogen-bond acceptors (Lipinski definition) is 4. The molecule has 0 radical (unpaired) electrons. The number of methoxy groups -OCH3 is 1. The molecule has 0 fully saturated rings. The van der Waals surface area contributed by atoms with Gasteiger partial charge in [-0.1, -0.05) is 30.3 Å². The number of ether oxygens (including phenoxy) is 1. The number of carbonyl (C=O) groups excluding carboxylic acids is 1. The van der Waals surface area contributed by atoms with E-state index in [9.17, 15) is 4.79 Å². The van der Waals surface area contributed by atoms with Crippen LogP contribution in [0.5, 0.6) is 5.75 Å². The van der Waals surface area contributed by atoms with Gasteiger partial charge in [0.15, 0.2) is 5.76 Å². The van der Waals surface area contributed by atoms with Crippen molar-refractivity contribution < 1.29 is 13.9 Å². The van der Waals surface area contributed by atoms with Gasteiger partial charge in [0.2, 0.25) is 11.5 Å². The molecule has 0 amide bonds. The first kappa shape index (κ1) is 13.5. The average Bonchev–Trinajstić information content (AvgIpc) is 3.02. The van der Waals surface area contributed by atoms with Gasteiger partial charge in [-0.15, -0.1) is 0 Å². The summed E-state index contributed by atoms with van der Waals surface area (Å²) in [7, 11) is 1.63. The van der Waals surface area contributed by atoms with Crippen LogP contribution >= 0.6 is 0 Å². The number of furan rings is 1. The van der Waals surface area contributed by atoms with Gasteiger partial charge in [-0.25, -0.2) is 4.98 Å². The van der Waals surface area contributed by atoms with E-state index in [1.807, 2.05) is 42.5 Å². The van der Waals surface area contributed by atoms with E-state index in [1.54, 1.807) is 25.3 Å². The molecule has 0 aliphatic rings. The third-order valence-electron chi connectivity index (χ3n) is 3.77. The Hall–Kier alpha value is -3.14. The molecule has 0 saturated carbocycles. The molecule has 4 aromatic rings. The Balaban J connectivity index is 1.84. The van der Waals surface area contributed by atoms with E-state index in [4.69, 9.17) is 9.15 Å². The van der Waals surface area contributed by atoms with Crippen molar-refractivity contribution in [3.8, 4) is 5.75 Å². The molecule has 2 aromatic heterocycles. The molecule has 4 nitrogen and oxygen atoms in total. The van der Waals surface area contributed by atoms with E-state index in [1.165, 1.54) is 0 Å². The van der Waals surface area contributed by atoms with Crippen molar-refractivity contribution >= 4 is 27.8 Å². The fourth-order valence-corrected chi connectivity index (χ4v) is 2.58. The van der Waals surface area contributed by atoms with Crippen LogP contribution in [-0.2, 0) is 0 Å². The van der Waals surface area contributed by atoms with Crippen molar-refractivity contribution in [3.63, 3.8) is 0 Å². The Labute approximate surface area is 132 Å². The fraction of sp³-hybridized carbons (Fsp3) is 0.0526. The van der Waals surface area contributed by atoms with Crippen molar-refractivity contribution in [1.82, 2.24) is 4.98 Å². The summed E-state index contributed by atoms with van der Waals surface area (Å²) in [6.45, 7) is 0. The molecule has 0 aliphatic heterocycles. The standard InChI is InChI=1S/C19H13NO3/c1-22-15-7-8-16-13(10-15)9-14-11-17(23-19(14)20-16)18(21)12-5-3-2-4-6-12/h2-11H,1H3. The first-order valence-corrected chi connectivity index (χ1v) is 7.23. The molecular weight excluding hydrogens is 290 g/mol. The van der Waals surface area contributed by atoms with Crippen molar-refractivity contribution in [2.24, 2.45) is 0 Å². The van der Waals surface area contributed by atoms with E-state index < -0.39 is 0 Å². The second kappa shape index (κ2) is 5.25. The highest BCUT2D eigenvalue weighted by atomic mass is 16.5. The minimum Gasteiger partial charge on any atom is -0.497 e. The van der Waals surface area contributed by atoms with Crippen LogP contribution in [0.2, 0.25) is 0 Å². The third kappa shape index (κ3) is 2.34. The molecule has 112 valence electrons. The van der Waals surface area contributed by atoms with Gasteiger partial charge in [0.25, 0.3) is 0 Å². The molecule has 2 heterocycles. The van der Waals surface area contributed by atoms with Crippen LogP contribution in [0.1, 0.15) is 16.1 Å². The number of pyridine rings is 1. The number of nitrogens with zero attached hydrogens (tertiary/aromatic N) is 1. The highest BCUT2D eigenvalue weighted by Gasteiger charge is 2.15. The van der Waals surface area contributed by atoms with Crippen LogP contribution in [0.3, 0.4) is 0 Å². The summed E-state index contributed by atoms with van der Waals surface area (Å²) in [5.41, 5.74) is 1.85. The fourth-order valence-electron chi connectivity index (χ4n) is 2.58. The average molecular weight is 303 g/mol. The van der Waals surface area contributed by atoms with Gasteiger partial charge in [0.05, 0.1) is 12.6 Å². The molecule has 0 spiro atoms. The Kier molecular flexibility index (Phi) is 3.08.